The third-order valence-corrected chi connectivity index (χ3v) is 5.02. The number of hydrogen-bond donors (Lipinski definition) is 2. The molecule has 154 valence electrons. The Morgan fingerprint density at radius 3 is 2.57 bits per heavy atom. The molecule has 6 nitrogen and oxygen atoms in total. The molecule has 1 aliphatic rings. The molecule has 1 fully saturated rings. The van der Waals surface area contributed by atoms with Gasteiger partial charge in [0.1, 0.15) is 0 Å². The van der Waals surface area contributed by atoms with Gasteiger partial charge < -0.3 is 15.5 Å². The lowest BCUT2D eigenvalue weighted by atomic mass is 10.1. The molecule has 28 heavy (non-hydrogen) atoms. The molecule has 0 spiro atoms. The van der Waals surface area contributed by atoms with Crippen molar-refractivity contribution in [2.45, 2.75) is 32.2 Å². The molecule has 1 atom stereocenters. The van der Waals surface area contributed by atoms with Crippen LogP contribution in [0.3, 0.4) is 0 Å². The molecule has 0 radical (unpaired) electrons. The smallest absolute Gasteiger partial charge is 0.191 e. The van der Waals surface area contributed by atoms with E-state index < -0.39 is 0 Å². The van der Waals surface area contributed by atoms with Crippen LogP contribution in [0.25, 0.3) is 5.69 Å². The van der Waals surface area contributed by atoms with E-state index in [1.54, 1.807) is 6.20 Å². The fraction of sp³-hybridized carbons (Fsp3) is 0.524. The second kappa shape index (κ2) is 11.4. The minimum Gasteiger partial charge on any atom is -0.357 e. The summed E-state index contributed by atoms with van der Waals surface area (Å²) in [4.78, 5) is 7.13. The molecule has 7 heteroatoms. The van der Waals surface area contributed by atoms with E-state index in [9.17, 15) is 0 Å². The van der Waals surface area contributed by atoms with Gasteiger partial charge in [-0.05, 0) is 70.0 Å². The Morgan fingerprint density at radius 2 is 2.00 bits per heavy atom. The molecule has 0 aliphatic heterocycles. The van der Waals surface area contributed by atoms with Crippen molar-refractivity contribution in [3.63, 3.8) is 0 Å². The molecule has 0 bridgehead atoms. The zero-order valence-corrected chi connectivity index (χ0v) is 19.5. The average Bonchev–Trinajstić information content (AvgIpc) is 3.34. The molecule has 1 heterocycles. The fourth-order valence-corrected chi connectivity index (χ4v) is 3.30. The van der Waals surface area contributed by atoms with Gasteiger partial charge in [0.25, 0.3) is 0 Å². The van der Waals surface area contributed by atoms with E-state index in [0.717, 1.165) is 43.6 Å². The monoisotopic (exact) mass is 496 g/mol. The van der Waals surface area contributed by atoms with Gasteiger partial charge in [0.05, 0.1) is 12.2 Å². The number of likely N-dealkylation sites (N-methyl/N-ethyl adjacent to an activating group) is 1. The largest absolute Gasteiger partial charge is 0.357 e. The van der Waals surface area contributed by atoms with E-state index >= 15 is 0 Å². The molecule has 2 N–H and O–H groups in total. The molecule has 0 amide bonds. The first kappa shape index (κ1) is 22.7. The van der Waals surface area contributed by atoms with Gasteiger partial charge in [-0.1, -0.05) is 12.1 Å². The highest BCUT2D eigenvalue weighted by Crippen LogP contribution is 2.34. The van der Waals surface area contributed by atoms with Crippen LogP contribution in [0.1, 0.15) is 25.3 Å². The van der Waals surface area contributed by atoms with Crippen molar-refractivity contribution in [3.8, 4) is 5.69 Å². The van der Waals surface area contributed by atoms with Gasteiger partial charge in [0.2, 0.25) is 0 Å². The predicted molar refractivity (Wildman–Crippen MR) is 127 cm³/mol. The Labute approximate surface area is 185 Å². The van der Waals surface area contributed by atoms with Crippen LogP contribution in [-0.4, -0.2) is 60.4 Å². The van der Waals surface area contributed by atoms with Gasteiger partial charge in [-0.2, -0.15) is 5.10 Å². The number of halogens is 1. The number of aromatic nitrogens is 2. The minimum atomic E-state index is 0. The van der Waals surface area contributed by atoms with Crippen molar-refractivity contribution in [1.29, 1.82) is 0 Å². The normalized spacial score (nSPS) is 15.2. The highest BCUT2D eigenvalue weighted by molar-refractivity contribution is 14.0. The average molecular weight is 496 g/mol. The number of guanidine groups is 1. The zero-order chi connectivity index (χ0) is 19.1. The Morgan fingerprint density at radius 1 is 1.25 bits per heavy atom. The molecule has 0 saturated heterocycles. The lowest BCUT2D eigenvalue weighted by molar-refractivity contribution is 0.271. The van der Waals surface area contributed by atoms with E-state index in [4.69, 9.17) is 4.99 Å². The topological polar surface area (TPSA) is 57.5 Å². The SMILES string of the molecule is CCNC(=NCC(C1CC1)N(C)C)NCCc1ccc(-n2cccn2)cc1.I. The van der Waals surface area contributed by atoms with Gasteiger partial charge in [-0.15, -0.1) is 24.0 Å². The van der Waals surface area contributed by atoms with E-state index in [-0.39, 0.29) is 24.0 Å². The third-order valence-electron chi connectivity index (χ3n) is 5.02. The zero-order valence-electron chi connectivity index (χ0n) is 17.1. The van der Waals surface area contributed by atoms with Gasteiger partial charge in [-0.25, -0.2) is 4.68 Å². The second-order valence-corrected chi connectivity index (χ2v) is 7.38. The maximum atomic E-state index is 4.82. The Kier molecular flexibility index (Phi) is 9.24. The number of rotatable bonds is 9. The van der Waals surface area contributed by atoms with Crippen molar-refractivity contribution in [2.75, 3.05) is 33.7 Å². The summed E-state index contributed by atoms with van der Waals surface area (Å²) in [5.74, 6) is 1.73. The Bertz CT molecular complexity index is 705. The molecular weight excluding hydrogens is 463 g/mol. The van der Waals surface area contributed by atoms with E-state index in [0.29, 0.717) is 6.04 Å². The van der Waals surface area contributed by atoms with Crippen LogP contribution in [0.15, 0.2) is 47.7 Å². The summed E-state index contributed by atoms with van der Waals surface area (Å²) in [5, 5.41) is 11.1. The summed E-state index contributed by atoms with van der Waals surface area (Å²) in [7, 11) is 4.32. The van der Waals surface area contributed by atoms with Crippen molar-refractivity contribution >= 4 is 29.9 Å². The summed E-state index contributed by atoms with van der Waals surface area (Å²) in [6.07, 6.45) is 7.40. The number of benzene rings is 1. The van der Waals surface area contributed by atoms with Crippen LogP contribution in [0, 0.1) is 5.92 Å². The first-order chi connectivity index (χ1) is 13.2. The number of nitrogens with zero attached hydrogens (tertiary/aromatic N) is 4. The number of aliphatic imine (C=N–C) groups is 1. The van der Waals surface area contributed by atoms with Crippen LogP contribution in [0.5, 0.6) is 0 Å². The minimum absolute atomic E-state index is 0. The van der Waals surface area contributed by atoms with E-state index in [1.165, 1.54) is 18.4 Å². The van der Waals surface area contributed by atoms with Crippen molar-refractivity contribution in [1.82, 2.24) is 25.3 Å². The molecule has 3 rings (SSSR count). The predicted octanol–water partition coefficient (Wildman–Crippen LogP) is 2.93. The van der Waals surface area contributed by atoms with Crippen LogP contribution in [-0.2, 0) is 6.42 Å². The second-order valence-electron chi connectivity index (χ2n) is 7.38. The standard InChI is InChI=1S/C21H32N6.HI/c1-4-22-21(24-16-20(26(2)3)18-8-9-18)23-14-12-17-6-10-19(11-7-17)27-15-5-13-25-27;/h5-7,10-11,13,15,18,20H,4,8-9,12,14,16H2,1-3H3,(H2,22,23,24);1H. The molecule has 2 aromatic rings. The molecular formula is C21H33IN6. The first-order valence-electron chi connectivity index (χ1n) is 9.95. The number of nitrogens with one attached hydrogen (secondary N) is 2. The Hall–Kier alpha value is -1.61. The first-order valence-corrected chi connectivity index (χ1v) is 9.95. The maximum absolute atomic E-state index is 4.82. The summed E-state index contributed by atoms with van der Waals surface area (Å²) in [6, 6.07) is 11.0. The summed E-state index contributed by atoms with van der Waals surface area (Å²) in [5.41, 5.74) is 2.39. The molecule has 1 aromatic heterocycles. The van der Waals surface area contributed by atoms with Gasteiger partial charge >= 0.3 is 0 Å². The lowest BCUT2D eigenvalue weighted by Crippen LogP contribution is -2.40. The molecule has 1 saturated carbocycles. The highest BCUT2D eigenvalue weighted by atomic mass is 127. The van der Waals surface area contributed by atoms with Crippen LogP contribution in [0.4, 0.5) is 0 Å². The van der Waals surface area contributed by atoms with Crippen molar-refractivity contribution < 1.29 is 0 Å². The summed E-state index contributed by atoms with van der Waals surface area (Å²) in [6.45, 7) is 4.70. The van der Waals surface area contributed by atoms with Gasteiger partial charge in [0.15, 0.2) is 5.96 Å². The Balaban J connectivity index is 0.00000280. The maximum Gasteiger partial charge on any atom is 0.191 e. The van der Waals surface area contributed by atoms with Gasteiger partial charge in [-0.3, -0.25) is 4.99 Å². The molecule has 1 aromatic carbocycles. The summed E-state index contributed by atoms with van der Waals surface area (Å²) >= 11 is 0. The van der Waals surface area contributed by atoms with Crippen molar-refractivity contribution in [3.05, 3.63) is 48.3 Å². The summed E-state index contributed by atoms with van der Waals surface area (Å²) < 4.78 is 1.87. The van der Waals surface area contributed by atoms with Crippen LogP contribution >= 0.6 is 24.0 Å². The number of hydrogen-bond acceptors (Lipinski definition) is 3. The van der Waals surface area contributed by atoms with Crippen LogP contribution < -0.4 is 10.6 Å². The highest BCUT2D eigenvalue weighted by Gasteiger charge is 2.32. The van der Waals surface area contributed by atoms with E-state index in [1.807, 2.05) is 16.9 Å². The lowest BCUT2D eigenvalue weighted by Gasteiger charge is -2.23. The molecule has 1 unspecified atom stereocenters. The van der Waals surface area contributed by atoms with Crippen LogP contribution in [0.2, 0.25) is 0 Å². The quantitative estimate of drug-likeness (QED) is 0.319. The molecule has 1 aliphatic carbocycles. The van der Waals surface area contributed by atoms with Gasteiger partial charge in [0, 0.05) is 31.5 Å². The van der Waals surface area contributed by atoms with Crippen molar-refractivity contribution in [2.24, 2.45) is 10.9 Å². The fourth-order valence-electron chi connectivity index (χ4n) is 3.30. The third kappa shape index (κ3) is 6.77. The van der Waals surface area contributed by atoms with E-state index in [2.05, 4.69) is 65.9 Å².